The molecule has 1 amide bonds. The number of aromatic hydroxyl groups is 1. The van der Waals surface area contributed by atoms with Gasteiger partial charge in [0.25, 0.3) is 0 Å². The van der Waals surface area contributed by atoms with Crippen LogP contribution in [0.25, 0.3) is 0 Å². The lowest BCUT2D eigenvalue weighted by molar-refractivity contribution is -0.138. The van der Waals surface area contributed by atoms with Gasteiger partial charge in [-0.2, -0.15) is 0 Å². The lowest BCUT2D eigenvalue weighted by Crippen LogP contribution is -2.23. The van der Waals surface area contributed by atoms with Gasteiger partial charge in [0.15, 0.2) is 0 Å². The summed E-state index contributed by atoms with van der Waals surface area (Å²) in [6.45, 7) is 1.04. The van der Waals surface area contributed by atoms with Crippen molar-refractivity contribution in [1.29, 1.82) is 0 Å². The normalized spacial score (nSPS) is 11.9. The van der Waals surface area contributed by atoms with E-state index in [-0.39, 0.29) is 28.6 Å². The molecule has 5 N–H and O–H groups in total. The molecule has 0 saturated heterocycles. The van der Waals surface area contributed by atoms with Crippen LogP contribution in [-0.4, -0.2) is 28.6 Å². The Balaban J connectivity index is 3.43. The number of anilines is 1. The number of hydrogen-bond donors (Lipinski definition) is 4. The summed E-state index contributed by atoms with van der Waals surface area (Å²) in [5.41, 5.74) is 5.47. The number of benzene rings is 1. The van der Waals surface area contributed by atoms with Crippen molar-refractivity contribution in [3.8, 4) is 5.75 Å². The lowest BCUT2D eigenvalue weighted by Gasteiger charge is -2.18. The summed E-state index contributed by atoms with van der Waals surface area (Å²) >= 11 is 5.92. The number of phenolic OH excluding ortho intramolecular Hbond substituents is 1. The molecule has 1 aromatic carbocycles. The summed E-state index contributed by atoms with van der Waals surface area (Å²) < 4.78 is 0. The highest BCUT2D eigenvalue weighted by molar-refractivity contribution is 6.32. The monoisotopic (exact) mass is 272 g/mol. The zero-order chi connectivity index (χ0) is 13.9. The molecule has 98 valence electrons. The summed E-state index contributed by atoms with van der Waals surface area (Å²) in [5, 5.41) is 21.2. The van der Waals surface area contributed by atoms with E-state index in [1.165, 1.54) is 19.1 Å². The highest BCUT2D eigenvalue weighted by Crippen LogP contribution is 2.38. The van der Waals surface area contributed by atoms with E-state index in [1.807, 2.05) is 0 Å². The maximum absolute atomic E-state index is 11.1. The topological polar surface area (TPSA) is 113 Å². The molecule has 1 aromatic rings. The van der Waals surface area contributed by atoms with Gasteiger partial charge in [0.2, 0.25) is 5.91 Å². The molecule has 6 nitrogen and oxygen atoms in total. The van der Waals surface area contributed by atoms with Crippen molar-refractivity contribution in [3.05, 3.63) is 22.7 Å². The third kappa shape index (κ3) is 2.91. The number of carbonyl (C=O) groups is 2. The van der Waals surface area contributed by atoms with Crippen LogP contribution in [0.2, 0.25) is 5.02 Å². The molecule has 0 heterocycles. The number of carbonyl (C=O) groups excluding carboxylic acids is 1. The Morgan fingerprint density at radius 2 is 2.11 bits per heavy atom. The summed E-state index contributed by atoms with van der Waals surface area (Å²) in [5.74, 6) is -3.00. The van der Waals surface area contributed by atoms with Crippen LogP contribution in [0.5, 0.6) is 5.75 Å². The summed E-state index contributed by atoms with van der Waals surface area (Å²) in [6, 6.07) is 2.62. The van der Waals surface area contributed by atoms with Crippen molar-refractivity contribution < 1.29 is 19.8 Å². The highest BCUT2D eigenvalue weighted by Gasteiger charge is 2.26. The summed E-state index contributed by atoms with van der Waals surface area (Å²) in [7, 11) is 0. The second-order valence-corrected chi connectivity index (χ2v) is 4.07. The van der Waals surface area contributed by atoms with Crippen LogP contribution in [-0.2, 0) is 9.59 Å². The number of rotatable bonds is 4. The zero-order valence-corrected chi connectivity index (χ0v) is 10.4. The molecule has 0 aliphatic carbocycles. The Bertz CT molecular complexity index is 490. The van der Waals surface area contributed by atoms with Crippen LogP contribution >= 0.6 is 11.6 Å². The maximum atomic E-state index is 11.1. The van der Waals surface area contributed by atoms with Crippen LogP contribution in [0.3, 0.4) is 0 Å². The van der Waals surface area contributed by atoms with E-state index in [9.17, 15) is 14.7 Å². The van der Waals surface area contributed by atoms with Gasteiger partial charge in [0.1, 0.15) is 5.75 Å². The average Bonchev–Trinajstić information content (AvgIpc) is 2.27. The number of amides is 1. The number of hydrogen-bond acceptors (Lipinski definition) is 4. The van der Waals surface area contributed by atoms with Crippen molar-refractivity contribution in [2.75, 3.05) is 11.9 Å². The van der Waals surface area contributed by atoms with Gasteiger partial charge in [0, 0.05) is 24.1 Å². The largest absolute Gasteiger partial charge is 0.506 e. The molecule has 0 saturated carbocycles. The first kappa shape index (κ1) is 14.3. The van der Waals surface area contributed by atoms with Crippen molar-refractivity contribution in [2.24, 2.45) is 5.73 Å². The molecule has 0 aliphatic heterocycles. The fourth-order valence-corrected chi connectivity index (χ4v) is 1.86. The minimum absolute atomic E-state index is 0.0205. The number of carboxylic acids is 1. The number of nitrogens with two attached hydrogens (primary N) is 1. The lowest BCUT2D eigenvalue weighted by atomic mass is 9.96. The fourth-order valence-electron chi connectivity index (χ4n) is 1.57. The maximum Gasteiger partial charge on any atom is 0.312 e. The van der Waals surface area contributed by atoms with E-state index in [0.717, 1.165) is 0 Å². The van der Waals surface area contributed by atoms with Crippen LogP contribution in [0.4, 0.5) is 5.69 Å². The van der Waals surface area contributed by atoms with Gasteiger partial charge in [-0.1, -0.05) is 11.6 Å². The van der Waals surface area contributed by atoms with E-state index < -0.39 is 17.8 Å². The second-order valence-electron chi connectivity index (χ2n) is 3.66. The predicted molar refractivity (Wildman–Crippen MR) is 66.9 cm³/mol. The minimum Gasteiger partial charge on any atom is -0.506 e. The molecular weight excluding hydrogens is 260 g/mol. The van der Waals surface area contributed by atoms with Crippen LogP contribution < -0.4 is 11.1 Å². The second kappa shape index (κ2) is 5.70. The van der Waals surface area contributed by atoms with Crippen molar-refractivity contribution in [3.63, 3.8) is 0 Å². The molecule has 1 atom stereocenters. The molecule has 0 bridgehead atoms. The number of halogens is 1. The van der Waals surface area contributed by atoms with E-state index in [1.54, 1.807) is 0 Å². The Labute approximate surface area is 108 Å². The van der Waals surface area contributed by atoms with Crippen molar-refractivity contribution >= 4 is 29.2 Å². The SMILES string of the molecule is CC(=O)Nc1c(O)ccc(Cl)c1C(CN)C(=O)O. The van der Waals surface area contributed by atoms with Gasteiger partial charge in [-0.15, -0.1) is 0 Å². The van der Waals surface area contributed by atoms with E-state index in [4.69, 9.17) is 22.4 Å². The molecule has 0 aliphatic rings. The molecule has 0 radical (unpaired) electrons. The third-order valence-corrected chi connectivity index (χ3v) is 2.68. The van der Waals surface area contributed by atoms with Crippen molar-refractivity contribution in [1.82, 2.24) is 0 Å². The van der Waals surface area contributed by atoms with Crippen molar-refractivity contribution in [2.45, 2.75) is 12.8 Å². The minimum atomic E-state index is -1.18. The Hall–Kier alpha value is -1.79. The molecule has 18 heavy (non-hydrogen) atoms. The summed E-state index contributed by atoms with van der Waals surface area (Å²) in [4.78, 5) is 22.2. The Morgan fingerprint density at radius 1 is 1.50 bits per heavy atom. The van der Waals surface area contributed by atoms with E-state index in [2.05, 4.69) is 5.32 Å². The third-order valence-electron chi connectivity index (χ3n) is 2.35. The molecule has 0 spiro atoms. The molecular formula is C11H13ClN2O4. The Morgan fingerprint density at radius 3 is 2.56 bits per heavy atom. The number of nitrogens with one attached hydrogen (secondary N) is 1. The van der Waals surface area contributed by atoms with Crippen LogP contribution in [0.15, 0.2) is 12.1 Å². The van der Waals surface area contributed by atoms with E-state index >= 15 is 0 Å². The van der Waals surface area contributed by atoms with Gasteiger partial charge >= 0.3 is 5.97 Å². The van der Waals surface area contributed by atoms with Gasteiger partial charge in [-0.05, 0) is 12.1 Å². The fraction of sp³-hybridized carbons (Fsp3) is 0.273. The highest BCUT2D eigenvalue weighted by atomic mass is 35.5. The smallest absolute Gasteiger partial charge is 0.312 e. The number of phenols is 1. The Kier molecular flexibility index (Phi) is 4.52. The molecule has 0 aromatic heterocycles. The van der Waals surface area contributed by atoms with Gasteiger partial charge < -0.3 is 21.3 Å². The first-order valence-corrected chi connectivity index (χ1v) is 5.48. The van der Waals surface area contributed by atoms with Gasteiger partial charge in [0.05, 0.1) is 11.6 Å². The molecule has 0 fully saturated rings. The number of aliphatic carboxylic acids is 1. The van der Waals surface area contributed by atoms with Gasteiger partial charge in [-0.25, -0.2) is 0 Å². The quantitative estimate of drug-likeness (QED) is 0.614. The first-order chi connectivity index (χ1) is 8.38. The molecule has 1 rings (SSSR count). The van der Waals surface area contributed by atoms with Crippen LogP contribution in [0.1, 0.15) is 18.4 Å². The van der Waals surface area contributed by atoms with E-state index in [0.29, 0.717) is 0 Å². The molecule has 1 unspecified atom stereocenters. The predicted octanol–water partition coefficient (Wildman–Crippen LogP) is 1.13. The molecule has 7 heteroatoms. The standard InChI is InChI=1S/C11H13ClN2O4/c1-5(15)14-10-8(16)3-2-7(12)9(10)6(4-13)11(17)18/h2-3,6,16H,4,13H2,1H3,(H,14,15)(H,17,18). The van der Waals surface area contributed by atoms with Gasteiger partial charge in [-0.3, -0.25) is 9.59 Å². The zero-order valence-electron chi connectivity index (χ0n) is 9.61. The first-order valence-electron chi connectivity index (χ1n) is 5.10. The van der Waals surface area contributed by atoms with Crippen LogP contribution in [0, 0.1) is 0 Å². The summed E-state index contributed by atoms with van der Waals surface area (Å²) in [6.07, 6.45) is 0. The average molecular weight is 273 g/mol. The number of carboxylic acid groups (broad SMARTS) is 1.